The fourth-order valence-electron chi connectivity index (χ4n) is 3.37. The summed E-state index contributed by atoms with van der Waals surface area (Å²) in [6.45, 7) is 3.58. The SMILES string of the molecule is O=C(NC[C@@H](c1cccnc1)N1CCOCC1)c1cnn(-c2ccccc2)c1. The van der Waals surface area contributed by atoms with Gasteiger partial charge in [-0.15, -0.1) is 0 Å². The first-order valence-electron chi connectivity index (χ1n) is 9.41. The molecule has 1 fully saturated rings. The van der Waals surface area contributed by atoms with Crippen LogP contribution in [0.3, 0.4) is 0 Å². The van der Waals surface area contributed by atoms with Crippen LogP contribution < -0.4 is 5.32 Å². The Morgan fingerprint density at radius 2 is 1.93 bits per heavy atom. The number of benzene rings is 1. The molecule has 7 heteroatoms. The quantitative estimate of drug-likeness (QED) is 0.712. The molecule has 1 aromatic carbocycles. The van der Waals surface area contributed by atoms with Gasteiger partial charge in [0.25, 0.3) is 5.91 Å². The van der Waals surface area contributed by atoms with Gasteiger partial charge >= 0.3 is 0 Å². The van der Waals surface area contributed by atoms with Gasteiger partial charge in [0, 0.05) is 38.2 Å². The van der Waals surface area contributed by atoms with Crippen molar-refractivity contribution in [3.05, 3.63) is 78.4 Å². The van der Waals surface area contributed by atoms with Crippen LogP contribution in [0.1, 0.15) is 22.0 Å². The van der Waals surface area contributed by atoms with Gasteiger partial charge in [-0.2, -0.15) is 5.10 Å². The van der Waals surface area contributed by atoms with E-state index in [9.17, 15) is 4.79 Å². The molecule has 1 saturated heterocycles. The molecule has 0 radical (unpaired) electrons. The summed E-state index contributed by atoms with van der Waals surface area (Å²) in [5.41, 5.74) is 2.54. The van der Waals surface area contributed by atoms with E-state index in [1.54, 1.807) is 23.3 Å². The maximum atomic E-state index is 12.7. The molecule has 7 nitrogen and oxygen atoms in total. The average molecular weight is 377 g/mol. The third-order valence-electron chi connectivity index (χ3n) is 4.88. The number of rotatable bonds is 6. The van der Waals surface area contributed by atoms with Gasteiger partial charge < -0.3 is 10.1 Å². The summed E-state index contributed by atoms with van der Waals surface area (Å²) in [5.74, 6) is -0.135. The molecule has 28 heavy (non-hydrogen) atoms. The molecule has 144 valence electrons. The zero-order chi connectivity index (χ0) is 19.2. The number of hydrogen-bond acceptors (Lipinski definition) is 5. The van der Waals surface area contributed by atoms with Crippen molar-refractivity contribution in [3.63, 3.8) is 0 Å². The van der Waals surface area contributed by atoms with E-state index < -0.39 is 0 Å². The smallest absolute Gasteiger partial charge is 0.254 e. The zero-order valence-corrected chi connectivity index (χ0v) is 15.6. The Morgan fingerprint density at radius 3 is 2.68 bits per heavy atom. The van der Waals surface area contributed by atoms with Crippen molar-refractivity contribution < 1.29 is 9.53 Å². The summed E-state index contributed by atoms with van der Waals surface area (Å²) in [7, 11) is 0. The Morgan fingerprint density at radius 1 is 1.11 bits per heavy atom. The molecular weight excluding hydrogens is 354 g/mol. The molecule has 4 rings (SSSR count). The third kappa shape index (κ3) is 4.27. The van der Waals surface area contributed by atoms with Crippen LogP contribution in [0.25, 0.3) is 5.69 Å². The Kier molecular flexibility index (Phi) is 5.75. The minimum absolute atomic E-state index is 0.0609. The van der Waals surface area contributed by atoms with Crippen molar-refractivity contribution >= 4 is 5.91 Å². The maximum Gasteiger partial charge on any atom is 0.254 e. The standard InChI is InChI=1S/C21H23N5O2/c27-21(18-14-24-26(16-18)19-6-2-1-3-7-19)23-15-20(17-5-4-8-22-13-17)25-9-11-28-12-10-25/h1-8,13-14,16,20H,9-12,15H2,(H,23,27)/t20-/m0/s1. The first kappa shape index (κ1) is 18.3. The van der Waals surface area contributed by atoms with Crippen LogP contribution in [-0.4, -0.2) is 58.4 Å². The largest absolute Gasteiger partial charge is 0.379 e. The lowest BCUT2D eigenvalue weighted by atomic mass is 10.1. The number of para-hydroxylation sites is 1. The van der Waals surface area contributed by atoms with Crippen molar-refractivity contribution in [2.75, 3.05) is 32.8 Å². The molecule has 0 bridgehead atoms. The molecule has 3 heterocycles. The van der Waals surface area contributed by atoms with E-state index in [1.165, 1.54) is 0 Å². The number of nitrogens with one attached hydrogen (secondary N) is 1. The van der Waals surface area contributed by atoms with Crippen molar-refractivity contribution in [1.29, 1.82) is 0 Å². The van der Waals surface area contributed by atoms with Crippen LogP contribution in [0.4, 0.5) is 0 Å². The van der Waals surface area contributed by atoms with E-state index in [1.807, 2.05) is 48.7 Å². The Bertz CT molecular complexity index is 891. The molecule has 0 spiro atoms. The minimum atomic E-state index is -0.135. The second-order valence-electron chi connectivity index (χ2n) is 6.67. The van der Waals surface area contributed by atoms with Gasteiger partial charge in [0.2, 0.25) is 0 Å². The van der Waals surface area contributed by atoms with E-state index in [2.05, 4.69) is 20.3 Å². The summed E-state index contributed by atoms with van der Waals surface area (Å²) in [5, 5.41) is 7.36. The van der Waals surface area contributed by atoms with Gasteiger partial charge in [-0.05, 0) is 23.8 Å². The number of carbonyl (C=O) groups excluding carboxylic acids is 1. The Balaban J connectivity index is 1.45. The first-order valence-corrected chi connectivity index (χ1v) is 9.41. The van der Waals surface area contributed by atoms with Gasteiger partial charge in [0.15, 0.2) is 0 Å². The summed E-state index contributed by atoms with van der Waals surface area (Å²) >= 11 is 0. The highest BCUT2D eigenvalue weighted by Crippen LogP contribution is 2.20. The van der Waals surface area contributed by atoms with Gasteiger partial charge in [-0.1, -0.05) is 24.3 Å². The van der Waals surface area contributed by atoms with Gasteiger partial charge in [0.05, 0.1) is 36.7 Å². The molecule has 0 unspecified atom stereocenters. The van der Waals surface area contributed by atoms with Crippen molar-refractivity contribution in [2.24, 2.45) is 0 Å². The summed E-state index contributed by atoms with van der Waals surface area (Å²) in [6.07, 6.45) is 6.96. The van der Waals surface area contributed by atoms with E-state index in [0.717, 1.165) is 24.3 Å². The molecule has 3 aromatic rings. The second kappa shape index (κ2) is 8.77. The number of aromatic nitrogens is 3. The lowest BCUT2D eigenvalue weighted by Gasteiger charge is -2.34. The highest BCUT2D eigenvalue weighted by atomic mass is 16.5. The van der Waals surface area contributed by atoms with E-state index in [0.29, 0.717) is 25.3 Å². The number of carbonyl (C=O) groups is 1. The lowest BCUT2D eigenvalue weighted by molar-refractivity contribution is 0.0161. The van der Waals surface area contributed by atoms with Crippen LogP contribution in [0.15, 0.2) is 67.3 Å². The highest BCUT2D eigenvalue weighted by Gasteiger charge is 2.23. The number of pyridine rings is 1. The number of morpholine rings is 1. The maximum absolute atomic E-state index is 12.7. The fraction of sp³-hybridized carbons (Fsp3) is 0.286. The molecule has 1 aliphatic rings. The Labute approximate surface area is 164 Å². The Hall–Kier alpha value is -3.03. The van der Waals surface area contributed by atoms with Crippen molar-refractivity contribution in [2.45, 2.75) is 6.04 Å². The van der Waals surface area contributed by atoms with Gasteiger partial charge in [0.1, 0.15) is 0 Å². The molecule has 1 amide bonds. The normalized spacial score (nSPS) is 15.9. The van der Waals surface area contributed by atoms with Crippen molar-refractivity contribution in [1.82, 2.24) is 25.0 Å². The van der Waals surface area contributed by atoms with Crippen LogP contribution in [0.5, 0.6) is 0 Å². The summed E-state index contributed by atoms with van der Waals surface area (Å²) < 4.78 is 7.17. The molecule has 0 aliphatic carbocycles. The highest BCUT2D eigenvalue weighted by molar-refractivity contribution is 5.93. The predicted octanol–water partition coefficient (Wildman–Crippen LogP) is 2.07. The van der Waals surface area contributed by atoms with E-state index in [-0.39, 0.29) is 11.9 Å². The molecule has 1 N–H and O–H groups in total. The molecule has 1 aliphatic heterocycles. The molecule has 0 saturated carbocycles. The summed E-state index contributed by atoms with van der Waals surface area (Å²) in [6, 6.07) is 13.8. The third-order valence-corrected chi connectivity index (χ3v) is 4.88. The minimum Gasteiger partial charge on any atom is -0.379 e. The number of nitrogens with zero attached hydrogens (tertiary/aromatic N) is 4. The van der Waals surface area contributed by atoms with Crippen LogP contribution in [-0.2, 0) is 4.74 Å². The number of amides is 1. The van der Waals surface area contributed by atoms with Crippen LogP contribution in [0.2, 0.25) is 0 Å². The number of ether oxygens (including phenoxy) is 1. The fourth-order valence-corrected chi connectivity index (χ4v) is 3.37. The number of hydrogen-bond donors (Lipinski definition) is 1. The monoisotopic (exact) mass is 377 g/mol. The van der Waals surface area contributed by atoms with Crippen molar-refractivity contribution in [3.8, 4) is 5.69 Å². The van der Waals surface area contributed by atoms with E-state index in [4.69, 9.17) is 4.74 Å². The topological polar surface area (TPSA) is 72.3 Å². The predicted molar refractivity (Wildman–Crippen MR) is 105 cm³/mol. The zero-order valence-electron chi connectivity index (χ0n) is 15.6. The molecule has 1 atom stereocenters. The van der Waals surface area contributed by atoms with Gasteiger partial charge in [-0.3, -0.25) is 14.7 Å². The van der Waals surface area contributed by atoms with Crippen LogP contribution in [0, 0.1) is 0 Å². The summed E-state index contributed by atoms with van der Waals surface area (Å²) in [4.78, 5) is 19.3. The van der Waals surface area contributed by atoms with E-state index >= 15 is 0 Å². The molecule has 2 aromatic heterocycles. The first-order chi connectivity index (χ1) is 13.8. The van der Waals surface area contributed by atoms with Crippen LogP contribution >= 0.6 is 0 Å². The van der Waals surface area contributed by atoms with Gasteiger partial charge in [-0.25, -0.2) is 4.68 Å². The molecular formula is C21H23N5O2. The lowest BCUT2D eigenvalue weighted by Crippen LogP contribution is -2.43. The average Bonchev–Trinajstić information content (AvgIpc) is 3.26. The second-order valence-corrected chi connectivity index (χ2v) is 6.67.